The number of nitrogens with two attached hydrogens (primary N) is 3. The maximum Gasteiger partial charge on any atom is 0.408 e. The molecule has 0 aromatic heterocycles. The smallest absolute Gasteiger partial charge is 0.408 e. The lowest BCUT2D eigenvalue weighted by Crippen LogP contribution is -2.53. The van der Waals surface area contributed by atoms with E-state index in [9.17, 15) is 14.4 Å². The number of nitrogens with one attached hydrogen (secondary N) is 2. The first-order valence-electron chi connectivity index (χ1n) is 19.0. The van der Waals surface area contributed by atoms with Crippen LogP contribution in [-0.4, -0.2) is 49.2 Å². The molecule has 0 aliphatic heterocycles. The number of amides is 3. The number of carbonyl (C=O) groups is 3. The van der Waals surface area contributed by atoms with Crippen molar-refractivity contribution >= 4 is 17.9 Å². The van der Waals surface area contributed by atoms with Crippen LogP contribution >= 0.6 is 0 Å². The summed E-state index contributed by atoms with van der Waals surface area (Å²) < 4.78 is 5.96. The lowest BCUT2D eigenvalue weighted by molar-refractivity contribution is -0.128. The molecule has 9 heteroatoms. The van der Waals surface area contributed by atoms with Crippen molar-refractivity contribution in [1.29, 1.82) is 0 Å². The number of alkyl carbamates (subject to hydrolysis) is 1. The van der Waals surface area contributed by atoms with Gasteiger partial charge in [-0.25, -0.2) is 4.79 Å². The first-order chi connectivity index (χ1) is 22.3. The first kappa shape index (κ1) is 37.7. The number of ether oxygens (including phenoxy) is 1. The summed E-state index contributed by atoms with van der Waals surface area (Å²) in [5.41, 5.74) is 18.9. The van der Waals surface area contributed by atoms with Crippen LogP contribution in [0.2, 0.25) is 0 Å². The van der Waals surface area contributed by atoms with Gasteiger partial charge < -0.3 is 32.6 Å². The molecule has 0 bridgehead atoms. The zero-order chi connectivity index (χ0) is 34.4. The Morgan fingerprint density at radius 2 is 1.57 bits per heavy atom. The van der Waals surface area contributed by atoms with Crippen LogP contribution in [0.3, 0.4) is 0 Å². The molecule has 0 spiro atoms. The number of hydrogen-bond acceptors (Lipinski definition) is 6. The summed E-state index contributed by atoms with van der Waals surface area (Å²) in [6, 6.07) is -1.70. The number of allylic oxidation sites excluding steroid dienone is 1. The number of carbonyl (C=O) groups excluding carboxylic acids is 3. The number of primary amides is 1. The van der Waals surface area contributed by atoms with Gasteiger partial charge in [0.25, 0.3) is 0 Å². The Balaban J connectivity index is 1.35. The predicted octanol–water partition coefficient (Wildman–Crippen LogP) is 5.94. The quantitative estimate of drug-likeness (QED) is 0.129. The summed E-state index contributed by atoms with van der Waals surface area (Å²) in [4.78, 5) is 38.1. The van der Waals surface area contributed by atoms with Gasteiger partial charge >= 0.3 is 6.09 Å². The standard InChI is InChI=1S/C38H67N5O4/c1-24(2)9-6-10-25(3)29-15-16-30-28-14-13-26-23-27(17-19-37(26,4)31(28)18-20-38(29,30)5)47-36(46)43-33(12-8-22-40)35(45)42-32(34(41)44)11-7-21-39/h13,24-25,27-33H,6-12,14-23,39-40H2,1-5H3,(H2,41,44)(H,42,45)(H,43,46). The summed E-state index contributed by atoms with van der Waals surface area (Å²) in [5.74, 6) is 3.64. The van der Waals surface area contributed by atoms with E-state index < -0.39 is 30.0 Å². The van der Waals surface area contributed by atoms with Crippen molar-refractivity contribution in [3.63, 3.8) is 0 Å². The molecule has 4 aliphatic rings. The molecule has 8 N–H and O–H groups in total. The molecular weight excluding hydrogens is 590 g/mol. The van der Waals surface area contributed by atoms with Gasteiger partial charge in [-0.05, 0) is 130 Å². The zero-order valence-corrected chi connectivity index (χ0v) is 30.2. The Bertz CT molecular complexity index is 1110. The van der Waals surface area contributed by atoms with Gasteiger partial charge in [0.1, 0.15) is 18.2 Å². The summed E-state index contributed by atoms with van der Waals surface area (Å²) in [7, 11) is 0. The van der Waals surface area contributed by atoms with E-state index in [0.717, 1.165) is 55.3 Å². The topological polar surface area (TPSA) is 163 Å². The molecule has 3 fully saturated rings. The van der Waals surface area contributed by atoms with E-state index in [1.54, 1.807) is 0 Å². The van der Waals surface area contributed by atoms with E-state index in [2.05, 4.69) is 51.3 Å². The van der Waals surface area contributed by atoms with Gasteiger partial charge in [-0.15, -0.1) is 0 Å². The Kier molecular flexibility index (Phi) is 13.2. The van der Waals surface area contributed by atoms with Crippen molar-refractivity contribution in [1.82, 2.24) is 10.6 Å². The summed E-state index contributed by atoms with van der Waals surface area (Å²) in [6.07, 6.45) is 16.7. The fourth-order valence-corrected chi connectivity index (χ4v) is 10.6. The Hall–Kier alpha value is -2.13. The second-order valence-corrected chi connectivity index (χ2v) is 16.6. The average molecular weight is 658 g/mol. The molecular formula is C38H67N5O4. The molecule has 0 heterocycles. The van der Waals surface area contributed by atoms with E-state index in [0.29, 0.717) is 50.1 Å². The van der Waals surface area contributed by atoms with Gasteiger partial charge in [-0.1, -0.05) is 65.5 Å². The minimum absolute atomic E-state index is 0.165. The van der Waals surface area contributed by atoms with Crippen molar-refractivity contribution in [2.75, 3.05) is 13.1 Å². The van der Waals surface area contributed by atoms with Crippen molar-refractivity contribution in [2.24, 2.45) is 63.5 Å². The highest BCUT2D eigenvalue weighted by atomic mass is 16.6. The van der Waals surface area contributed by atoms with Crippen LogP contribution in [0, 0.1) is 46.3 Å². The van der Waals surface area contributed by atoms with Crippen LogP contribution in [0.4, 0.5) is 4.79 Å². The molecule has 9 nitrogen and oxygen atoms in total. The number of rotatable bonds is 16. The van der Waals surface area contributed by atoms with Gasteiger partial charge in [0.2, 0.25) is 11.8 Å². The fourth-order valence-electron chi connectivity index (χ4n) is 10.6. The van der Waals surface area contributed by atoms with Crippen molar-refractivity contribution in [2.45, 2.75) is 149 Å². The van der Waals surface area contributed by atoms with Crippen molar-refractivity contribution < 1.29 is 19.1 Å². The van der Waals surface area contributed by atoms with E-state index >= 15 is 0 Å². The zero-order valence-electron chi connectivity index (χ0n) is 30.2. The fraction of sp³-hybridized carbons (Fsp3) is 0.868. The van der Waals surface area contributed by atoms with Crippen LogP contribution in [0.1, 0.15) is 131 Å². The molecule has 3 saturated carbocycles. The van der Waals surface area contributed by atoms with Crippen LogP contribution in [0.5, 0.6) is 0 Å². The Labute approximate surface area is 284 Å². The molecule has 4 rings (SSSR count). The average Bonchev–Trinajstić information content (AvgIpc) is 3.38. The molecule has 3 amide bonds. The lowest BCUT2D eigenvalue weighted by atomic mass is 9.47. The summed E-state index contributed by atoms with van der Waals surface area (Å²) in [5, 5.41) is 5.45. The Morgan fingerprint density at radius 1 is 0.872 bits per heavy atom. The molecule has 47 heavy (non-hydrogen) atoms. The molecule has 4 aliphatic carbocycles. The van der Waals surface area contributed by atoms with Gasteiger partial charge in [0.15, 0.2) is 0 Å². The van der Waals surface area contributed by atoms with Crippen molar-refractivity contribution in [3.05, 3.63) is 11.6 Å². The van der Waals surface area contributed by atoms with E-state index in [1.165, 1.54) is 50.5 Å². The maximum atomic E-state index is 13.1. The van der Waals surface area contributed by atoms with E-state index in [1.807, 2.05) is 0 Å². The monoisotopic (exact) mass is 658 g/mol. The second-order valence-electron chi connectivity index (χ2n) is 16.6. The third kappa shape index (κ3) is 8.73. The minimum atomic E-state index is -0.862. The largest absolute Gasteiger partial charge is 0.446 e. The SMILES string of the molecule is CC(C)CCCC(C)C1CCC2C3CC=C4CC(OC(=O)NC(CCCN)C(=O)NC(CCCN)C(N)=O)CCC4(C)C3CCC12C. The van der Waals surface area contributed by atoms with Crippen molar-refractivity contribution in [3.8, 4) is 0 Å². The normalized spacial score (nSPS) is 33.4. The molecule has 10 unspecified atom stereocenters. The minimum Gasteiger partial charge on any atom is -0.446 e. The van der Waals surface area contributed by atoms with E-state index in [-0.39, 0.29) is 11.5 Å². The molecule has 268 valence electrons. The third-order valence-electron chi connectivity index (χ3n) is 13.2. The van der Waals surface area contributed by atoms with Crippen LogP contribution in [0.15, 0.2) is 11.6 Å². The third-order valence-corrected chi connectivity index (χ3v) is 13.2. The van der Waals surface area contributed by atoms with Crippen LogP contribution in [-0.2, 0) is 14.3 Å². The second kappa shape index (κ2) is 16.5. The highest BCUT2D eigenvalue weighted by molar-refractivity contribution is 5.90. The maximum absolute atomic E-state index is 13.1. The van der Waals surface area contributed by atoms with Crippen LogP contribution in [0.25, 0.3) is 0 Å². The highest BCUT2D eigenvalue weighted by Crippen LogP contribution is 2.67. The first-order valence-corrected chi connectivity index (χ1v) is 19.0. The summed E-state index contributed by atoms with van der Waals surface area (Å²) >= 11 is 0. The van der Waals surface area contributed by atoms with Gasteiger partial charge in [-0.2, -0.15) is 0 Å². The molecule has 0 aromatic carbocycles. The van der Waals surface area contributed by atoms with Gasteiger partial charge in [-0.3, -0.25) is 9.59 Å². The molecule has 0 aromatic rings. The predicted molar refractivity (Wildman–Crippen MR) is 188 cm³/mol. The number of fused-ring (bicyclic) bond motifs is 5. The Morgan fingerprint density at radius 3 is 2.23 bits per heavy atom. The van der Waals surface area contributed by atoms with Gasteiger partial charge in [0, 0.05) is 6.42 Å². The number of hydrogen-bond donors (Lipinski definition) is 5. The molecule has 0 radical (unpaired) electrons. The van der Waals surface area contributed by atoms with E-state index in [4.69, 9.17) is 21.9 Å². The van der Waals surface area contributed by atoms with Crippen LogP contribution < -0.4 is 27.8 Å². The lowest BCUT2D eigenvalue weighted by Gasteiger charge is -2.58. The highest BCUT2D eigenvalue weighted by Gasteiger charge is 2.59. The molecule has 10 atom stereocenters. The molecule has 0 saturated heterocycles. The summed E-state index contributed by atoms with van der Waals surface area (Å²) in [6.45, 7) is 13.1. The van der Waals surface area contributed by atoms with Gasteiger partial charge in [0.05, 0.1) is 0 Å².